The first-order valence-corrected chi connectivity index (χ1v) is 13.6. The van der Waals surface area contributed by atoms with E-state index in [1.165, 1.54) is 9.21 Å². The van der Waals surface area contributed by atoms with Gasteiger partial charge in [-0.05, 0) is 65.2 Å². The van der Waals surface area contributed by atoms with Crippen molar-refractivity contribution in [3.63, 3.8) is 0 Å². The predicted molar refractivity (Wildman–Crippen MR) is 135 cm³/mol. The van der Waals surface area contributed by atoms with Gasteiger partial charge in [-0.1, -0.05) is 28.1 Å². The molecule has 11 heteroatoms. The number of ether oxygens (including phenoxy) is 2. The molecule has 0 bridgehead atoms. The number of hydrogen-bond acceptors (Lipinski definition) is 7. The van der Waals surface area contributed by atoms with Crippen LogP contribution >= 0.6 is 46.3 Å². The van der Waals surface area contributed by atoms with Crippen LogP contribution in [0.15, 0.2) is 27.7 Å². The van der Waals surface area contributed by atoms with Crippen molar-refractivity contribution in [1.29, 1.82) is 0 Å². The second-order valence-corrected chi connectivity index (χ2v) is 10.8. The van der Waals surface area contributed by atoms with Crippen LogP contribution in [-0.2, 0) is 26.6 Å². The van der Waals surface area contributed by atoms with Crippen molar-refractivity contribution in [3.05, 3.63) is 33.8 Å². The summed E-state index contributed by atoms with van der Waals surface area (Å²) in [6, 6.07) is 5.85. The third-order valence-corrected chi connectivity index (χ3v) is 5.03. The first kappa shape index (κ1) is 28.0. The maximum absolute atomic E-state index is 12.1. The average Bonchev–Trinajstić information content (AvgIpc) is 2.58. The number of amides is 2. The van der Waals surface area contributed by atoms with Crippen molar-refractivity contribution < 1.29 is 23.2 Å². The molecule has 0 saturated heterocycles. The molecule has 0 saturated carbocycles. The molecule has 31 heavy (non-hydrogen) atoms. The molecule has 1 aromatic rings. The summed E-state index contributed by atoms with van der Waals surface area (Å²) in [6.07, 6.45) is -0.690. The lowest BCUT2D eigenvalue weighted by molar-refractivity contribution is 0.0545. The highest BCUT2D eigenvalue weighted by molar-refractivity contribution is 14.2. The fourth-order valence-electron chi connectivity index (χ4n) is 2.16. The van der Waals surface area contributed by atoms with Crippen LogP contribution in [0.5, 0.6) is 0 Å². The number of rotatable bonds is 6. The molecular formula is C20H29BrIN3O5S. The summed E-state index contributed by atoms with van der Waals surface area (Å²) in [6.45, 7) is 11.3. The SMILES string of the molecule is CC(C)(C)OC(=O)NC(=NCc1ccc(CCOSI)c(Br)c1)NC(=O)OC(C)(C)C. The van der Waals surface area contributed by atoms with Crippen molar-refractivity contribution >= 4 is 64.5 Å². The number of aliphatic imine (C=N–C) groups is 1. The molecule has 0 spiro atoms. The van der Waals surface area contributed by atoms with Gasteiger partial charge in [0, 0.05) is 25.7 Å². The summed E-state index contributed by atoms with van der Waals surface area (Å²) in [5, 5.41) is 4.93. The minimum absolute atomic E-state index is 0.0591. The van der Waals surface area contributed by atoms with E-state index in [-0.39, 0.29) is 12.5 Å². The summed E-state index contributed by atoms with van der Waals surface area (Å²) in [5.74, 6) is -0.0591. The highest BCUT2D eigenvalue weighted by atomic mass is 127. The van der Waals surface area contributed by atoms with Gasteiger partial charge < -0.3 is 13.7 Å². The number of benzene rings is 1. The normalized spacial score (nSPS) is 11.5. The zero-order valence-corrected chi connectivity index (χ0v) is 23.1. The van der Waals surface area contributed by atoms with E-state index in [1.807, 2.05) is 18.2 Å². The van der Waals surface area contributed by atoms with E-state index in [2.05, 4.69) is 52.8 Å². The summed E-state index contributed by atoms with van der Waals surface area (Å²) < 4.78 is 16.7. The maximum Gasteiger partial charge on any atom is 0.414 e. The largest absolute Gasteiger partial charge is 0.444 e. The highest BCUT2D eigenvalue weighted by Gasteiger charge is 2.21. The summed E-state index contributed by atoms with van der Waals surface area (Å²) >= 11 is 5.64. The molecule has 8 nitrogen and oxygen atoms in total. The monoisotopic (exact) mass is 629 g/mol. The Balaban J connectivity index is 2.92. The first-order valence-electron chi connectivity index (χ1n) is 9.51. The van der Waals surface area contributed by atoms with Gasteiger partial charge in [-0.15, -0.1) is 0 Å². The van der Waals surface area contributed by atoms with E-state index >= 15 is 0 Å². The molecule has 0 atom stereocenters. The molecule has 174 valence electrons. The van der Waals surface area contributed by atoms with Gasteiger partial charge in [0.25, 0.3) is 0 Å². The molecular weight excluding hydrogens is 601 g/mol. The Morgan fingerprint density at radius 2 is 1.61 bits per heavy atom. The number of guanidine groups is 1. The Morgan fingerprint density at radius 3 is 2.06 bits per heavy atom. The van der Waals surface area contributed by atoms with Crippen molar-refractivity contribution in [2.75, 3.05) is 6.61 Å². The van der Waals surface area contributed by atoms with E-state index in [0.29, 0.717) is 6.61 Å². The average molecular weight is 630 g/mol. The van der Waals surface area contributed by atoms with Crippen LogP contribution in [0.25, 0.3) is 0 Å². The minimum atomic E-state index is -0.730. The lowest BCUT2D eigenvalue weighted by Crippen LogP contribution is -2.47. The lowest BCUT2D eigenvalue weighted by atomic mass is 10.1. The molecule has 0 heterocycles. The molecule has 0 unspecified atom stereocenters. The van der Waals surface area contributed by atoms with E-state index in [0.717, 1.165) is 22.0 Å². The standard InChI is InChI=1S/C20H29BrIN3O5S/c1-19(2,3)29-17(26)24-16(25-18(27)30-20(4,5)6)23-12-13-7-8-14(15(21)11-13)9-10-28-31-22/h7-8,11H,9-10,12H2,1-6H3,(H2,23,24,25,26,27). The minimum Gasteiger partial charge on any atom is -0.444 e. The van der Waals surface area contributed by atoms with E-state index in [9.17, 15) is 9.59 Å². The van der Waals surface area contributed by atoms with Crippen molar-refractivity contribution in [2.45, 2.75) is 65.7 Å². The Hall–Kier alpha value is -1.05. The van der Waals surface area contributed by atoms with Gasteiger partial charge in [0.05, 0.1) is 22.4 Å². The molecule has 1 rings (SSSR count). The number of carbonyl (C=O) groups excluding carboxylic acids is 2. The smallest absolute Gasteiger partial charge is 0.414 e. The molecule has 0 radical (unpaired) electrons. The Morgan fingerprint density at radius 1 is 1.06 bits per heavy atom. The van der Waals surface area contributed by atoms with Gasteiger partial charge >= 0.3 is 12.2 Å². The van der Waals surface area contributed by atoms with Gasteiger partial charge in [0.1, 0.15) is 11.2 Å². The van der Waals surface area contributed by atoms with Gasteiger partial charge in [-0.2, -0.15) is 0 Å². The van der Waals surface area contributed by atoms with Crippen LogP contribution in [-0.4, -0.2) is 36.0 Å². The molecule has 1 aromatic carbocycles. The van der Waals surface area contributed by atoms with Crippen molar-refractivity contribution in [1.82, 2.24) is 10.6 Å². The Kier molecular flexibility index (Phi) is 11.6. The molecule has 0 aromatic heterocycles. The predicted octanol–water partition coefficient (Wildman–Crippen LogP) is 5.91. The topological polar surface area (TPSA) is 98.3 Å². The molecule has 0 aliphatic rings. The van der Waals surface area contributed by atoms with Crippen LogP contribution in [0.2, 0.25) is 0 Å². The zero-order chi connectivity index (χ0) is 23.7. The third-order valence-electron chi connectivity index (χ3n) is 3.28. The fraction of sp³-hybridized carbons (Fsp3) is 0.550. The third kappa shape index (κ3) is 13.2. The molecule has 0 fully saturated rings. The summed E-state index contributed by atoms with van der Waals surface area (Å²) in [5.41, 5.74) is 0.606. The van der Waals surface area contributed by atoms with Crippen LogP contribution in [0.3, 0.4) is 0 Å². The van der Waals surface area contributed by atoms with Crippen molar-refractivity contribution in [2.24, 2.45) is 4.99 Å². The van der Waals surface area contributed by atoms with Crippen LogP contribution in [0, 0.1) is 0 Å². The van der Waals surface area contributed by atoms with Gasteiger partial charge in [-0.25, -0.2) is 14.6 Å². The fourth-order valence-corrected chi connectivity index (χ4v) is 3.47. The van der Waals surface area contributed by atoms with Crippen molar-refractivity contribution in [3.8, 4) is 0 Å². The summed E-state index contributed by atoms with van der Waals surface area (Å²) in [4.78, 5) is 28.6. The molecule has 0 aliphatic carbocycles. The molecule has 2 N–H and O–H groups in total. The number of nitrogens with zero attached hydrogens (tertiary/aromatic N) is 1. The van der Waals surface area contributed by atoms with Crippen LogP contribution in [0.4, 0.5) is 9.59 Å². The lowest BCUT2D eigenvalue weighted by Gasteiger charge is -2.22. The van der Waals surface area contributed by atoms with E-state index < -0.39 is 23.4 Å². The number of halogens is 2. The van der Waals surface area contributed by atoms with Gasteiger partial charge in [-0.3, -0.25) is 10.6 Å². The maximum atomic E-state index is 12.1. The van der Waals surface area contributed by atoms with Gasteiger partial charge in [0.15, 0.2) is 0 Å². The molecule has 2 amide bonds. The van der Waals surface area contributed by atoms with Crippen LogP contribution < -0.4 is 10.6 Å². The highest BCUT2D eigenvalue weighted by Crippen LogP contribution is 2.21. The second kappa shape index (κ2) is 12.9. The quantitative estimate of drug-likeness (QED) is 0.133. The number of nitrogens with one attached hydrogen (secondary N) is 2. The first-order chi connectivity index (χ1) is 14.3. The van der Waals surface area contributed by atoms with E-state index in [1.54, 1.807) is 41.5 Å². The second-order valence-electron chi connectivity index (χ2n) is 8.48. The Labute approximate surface area is 208 Å². The van der Waals surface area contributed by atoms with Crippen LogP contribution in [0.1, 0.15) is 52.7 Å². The number of alkyl carbamates (subject to hydrolysis) is 2. The summed E-state index contributed by atoms with van der Waals surface area (Å²) in [7, 11) is 1.30. The number of hydrogen-bond donors (Lipinski definition) is 2. The van der Waals surface area contributed by atoms with Gasteiger partial charge in [0.2, 0.25) is 5.96 Å². The Bertz CT molecular complexity index is 762. The number of carbonyl (C=O) groups is 2. The zero-order valence-electron chi connectivity index (χ0n) is 18.5. The van der Waals surface area contributed by atoms with E-state index in [4.69, 9.17) is 13.7 Å². The molecule has 0 aliphatic heterocycles.